The average Bonchev–Trinajstić information content (AvgIpc) is 3.12. The maximum absolute atomic E-state index is 5.28. The van der Waals surface area contributed by atoms with Crippen LogP contribution in [0.15, 0.2) is 60.8 Å². The number of rotatable bonds is 7. The molecule has 0 aliphatic heterocycles. The number of pyridine rings is 1. The number of H-pyrrole nitrogens is 1. The molecule has 4 aromatic rings. The lowest BCUT2D eigenvalue weighted by atomic mass is 10.0. The molecule has 0 radical (unpaired) electrons. The molecule has 28 heavy (non-hydrogen) atoms. The Morgan fingerprint density at radius 2 is 1.82 bits per heavy atom. The quantitative estimate of drug-likeness (QED) is 0.356. The first-order valence-electron chi connectivity index (χ1n) is 10.0. The van der Waals surface area contributed by atoms with Crippen LogP contribution in [0.5, 0.6) is 5.75 Å². The zero-order chi connectivity index (χ0) is 19.3. The summed E-state index contributed by atoms with van der Waals surface area (Å²) in [5, 5.41) is 2.41. The van der Waals surface area contributed by atoms with Crippen molar-refractivity contribution in [3.05, 3.63) is 66.4 Å². The van der Waals surface area contributed by atoms with Gasteiger partial charge in [0.05, 0.1) is 7.11 Å². The molecule has 3 nitrogen and oxygen atoms in total. The molecule has 142 valence electrons. The Hall–Kier alpha value is -3.07. The highest BCUT2D eigenvalue weighted by molar-refractivity contribution is 6.10. The fraction of sp³-hybridized carbons (Fsp3) is 0.240. The SMILES string of the molecule is CCCCC/C=C/c1ccnc2[nH]c3ccc(-c4ccc(OC)cc4)cc3c12. The van der Waals surface area contributed by atoms with Crippen molar-refractivity contribution in [2.24, 2.45) is 0 Å². The molecule has 3 heteroatoms. The standard InChI is InChI=1S/C25H26N2O/c1-3-4-5-6-7-8-19-15-16-26-25-24(19)22-17-20(11-14-23(22)27-25)18-9-12-21(28-2)13-10-18/h7-17H,3-6H2,1-2H3,(H,26,27)/b8-7+. The van der Waals surface area contributed by atoms with Gasteiger partial charge in [-0.05, 0) is 59.9 Å². The van der Waals surface area contributed by atoms with Gasteiger partial charge in [0.2, 0.25) is 0 Å². The molecule has 2 aromatic carbocycles. The Kier molecular flexibility index (Phi) is 5.43. The normalized spacial score (nSPS) is 11.6. The van der Waals surface area contributed by atoms with Gasteiger partial charge in [-0.15, -0.1) is 0 Å². The first-order chi connectivity index (χ1) is 13.8. The van der Waals surface area contributed by atoms with E-state index >= 15 is 0 Å². The van der Waals surface area contributed by atoms with Crippen molar-refractivity contribution in [2.75, 3.05) is 7.11 Å². The maximum atomic E-state index is 5.28. The van der Waals surface area contributed by atoms with E-state index in [1.54, 1.807) is 7.11 Å². The Labute approximate surface area is 166 Å². The molecule has 0 unspecified atom stereocenters. The van der Waals surface area contributed by atoms with Gasteiger partial charge in [0.15, 0.2) is 0 Å². The number of fused-ring (bicyclic) bond motifs is 3. The van der Waals surface area contributed by atoms with Gasteiger partial charge in [-0.3, -0.25) is 0 Å². The third kappa shape index (κ3) is 3.65. The predicted octanol–water partition coefficient (Wildman–Crippen LogP) is 6.99. The average molecular weight is 370 g/mol. The number of unbranched alkanes of at least 4 members (excludes halogenated alkanes) is 3. The number of benzene rings is 2. The molecule has 0 aliphatic carbocycles. The van der Waals surface area contributed by atoms with Crippen LogP contribution in [-0.4, -0.2) is 17.1 Å². The van der Waals surface area contributed by atoms with E-state index in [1.165, 1.54) is 46.7 Å². The molecule has 0 saturated carbocycles. The van der Waals surface area contributed by atoms with Crippen LogP contribution in [0.4, 0.5) is 0 Å². The van der Waals surface area contributed by atoms with Crippen LogP contribution in [-0.2, 0) is 0 Å². The molecule has 0 spiro atoms. The van der Waals surface area contributed by atoms with Gasteiger partial charge in [0, 0.05) is 22.5 Å². The van der Waals surface area contributed by atoms with Crippen LogP contribution in [0.2, 0.25) is 0 Å². The first-order valence-corrected chi connectivity index (χ1v) is 10.0. The van der Waals surface area contributed by atoms with Crippen molar-refractivity contribution in [3.8, 4) is 16.9 Å². The third-order valence-corrected chi connectivity index (χ3v) is 5.22. The van der Waals surface area contributed by atoms with E-state index in [1.807, 2.05) is 18.3 Å². The first kappa shape index (κ1) is 18.3. The van der Waals surface area contributed by atoms with E-state index < -0.39 is 0 Å². The lowest BCUT2D eigenvalue weighted by molar-refractivity contribution is 0.415. The van der Waals surface area contributed by atoms with Gasteiger partial charge in [-0.2, -0.15) is 0 Å². The lowest BCUT2D eigenvalue weighted by Crippen LogP contribution is -1.83. The molecule has 0 amide bonds. The number of ether oxygens (including phenoxy) is 1. The number of aromatic amines is 1. The molecule has 1 N–H and O–H groups in total. The Morgan fingerprint density at radius 3 is 2.61 bits per heavy atom. The summed E-state index contributed by atoms with van der Waals surface area (Å²) in [5.41, 5.74) is 5.65. The molecule has 2 heterocycles. The number of aromatic nitrogens is 2. The van der Waals surface area contributed by atoms with Crippen molar-refractivity contribution in [3.63, 3.8) is 0 Å². The van der Waals surface area contributed by atoms with E-state index in [0.29, 0.717) is 0 Å². The van der Waals surface area contributed by atoms with Crippen molar-refractivity contribution >= 4 is 28.0 Å². The van der Waals surface area contributed by atoms with Crippen LogP contribution in [0.3, 0.4) is 0 Å². The largest absolute Gasteiger partial charge is 0.497 e. The summed E-state index contributed by atoms with van der Waals surface area (Å²) in [5.74, 6) is 0.872. The Morgan fingerprint density at radius 1 is 1.00 bits per heavy atom. The molecular formula is C25H26N2O. The lowest BCUT2D eigenvalue weighted by Gasteiger charge is -2.05. The van der Waals surface area contributed by atoms with Crippen LogP contribution in [0.1, 0.15) is 38.2 Å². The summed E-state index contributed by atoms with van der Waals surface area (Å²) in [4.78, 5) is 8.02. The number of hydrogen-bond acceptors (Lipinski definition) is 2. The topological polar surface area (TPSA) is 37.9 Å². The van der Waals surface area contributed by atoms with Crippen molar-refractivity contribution in [2.45, 2.75) is 32.6 Å². The van der Waals surface area contributed by atoms with Gasteiger partial charge in [-0.25, -0.2) is 4.98 Å². The number of allylic oxidation sites excluding steroid dienone is 1. The minimum absolute atomic E-state index is 0.872. The smallest absolute Gasteiger partial charge is 0.138 e. The predicted molar refractivity (Wildman–Crippen MR) is 119 cm³/mol. The number of nitrogens with one attached hydrogen (secondary N) is 1. The molecule has 2 aromatic heterocycles. The summed E-state index contributed by atoms with van der Waals surface area (Å²) < 4.78 is 5.28. The number of hydrogen-bond donors (Lipinski definition) is 1. The fourth-order valence-corrected chi connectivity index (χ4v) is 3.67. The Bertz CT molecular complexity index is 1110. The van der Waals surface area contributed by atoms with E-state index in [0.717, 1.165) is 23.3 Å². The van der Waals surface area contributed by atoms with Crippen LogP contribution in [0, 0.1) is 0 Å². The third-order valence-electron chi connectivity index (χ3n) is 5.22. The van der Waals surface area contributed by atoms with Gasteiger partial charge >= 0.3 is 0 Å². The van der Waals surface area contributed by atoms with Gasteiger partial charge < -0.3 is 9.72 Å². The summed E-state index contributed by atoms with van der Waals surface area (Å²) in [7, 11) is 1.69. The van der Waals surface area contributed by atoms with Crippen molar-refractivity contribution in [1.82, 2.24) is 9.97 Å². The highest BCUT2D eigenvalue weighted by atomic mass is 16.5. The zero-order valence-electron chi connectivity index (χ0n) is 16.5. The van der Waals surface area contributed by atoms with E-state index in [2.05, 4.69) is 65.4 Å². The van der Waals surface area contributed by atoms with E-state index in [-0.39, 0.29) is 0 Å². The van der Waals surface area contributed by atoms with Crippen molar-refractivity contribution in [1.29, 1.82) is 0 Å². The van der Waals surface area contributed by atoms with Gasteiger partial charge in [-0.1, -0.05) is 50.1 Å². The van der Waals surface area contributed by atoms with E-state index in [9.17, 15) is 0 Å². The zero-order valence-corrected chi connectivity index (χ0v) is 16.5. The summed E-state index contributed by atoms with van der Waals surface area (Å²) in [6.07, 6.45) is 11.3. The summed E-state index contributed by atoms with van der Waals surface area (Å²) >= 11 is 0. The molecule has 4 rings (SSSR count). The van der Waals surface area contributed by atoms with Crippen LogP contribution in [0.25, 0.3) is 39.1 Å². The summed E-state index contributed by atoms with van der Waals surface area (Å²) in [6, 6.07) is 16.9. The number of nitrogens with zero attached hydrogens (tertiary/aromatic N) is 1. The van der Waals surface area contributed by atoms with Gasteiger partial charge in [0.1, 0.15) is 11.4 Å². The second-order valence-corrected chi connectivity index (χ2v) is 7.14. The van der Waals surface area contributed by atoms with Crippen LogP contribution < -0.4 is 4.74 Å². The Balaban J connectivity index is 1.75. The highest BCUT2D eigenvalue weighted by Gasteiger charge is 2.10. The second kappa shape index (κ2) is 8.30. The molecule has 0 fully saturated rings. The molecule has 0 saturated heterocycles. The summed E-state index contributed by atoms with van der Waals surface area (Å²) in [6.45, 7) is 2.24. The minimum Gasteiger partial charge on any atom is -0.497 e. The molecular weight excluding hydrogens is 344 g/mol. The minimum atomic E-state index is 0.872. The van der Waals surface area contributed by atoms with Gasteiger partial charge in [0.25, 0.3) is 0 Å². The van der Waals surface area contributed by atoms with Crippen LogP contribution >= 0.6 is 0 Å². The monoisotopic (exact) mass is 370 g/mol. The maximum Gasteiger partial charge on any atom is 0.138 e. The second-order valence-electron chi connectivity index (χ2n) is 7.14. The van der Waals surface area contributed by atoms with E-state index in [4.69, 9.17) is 4.74 Å². The molecule has 0 bridgehead atoms. The van der Waals surface area contributed by atoms with Crippen molar-refractivity contribution < 1.29 is 4.74 Å². The number of methoxy groups -OCH3 is 1. The highest BCUT2D eigenvalue weighted by Crippen LogP contribution is 2.32. The molecule has 0 atom stereocenters. The fourth-order valence-electron chi connectivity index (χ4n) is 3.67. The molecule has 0 aliphatic rings.